The number of nitrogens with one attached hydrogen (secondary N) is 1. The number of carbonyl (C=O) groups excluding carboxylic acids is 1. The van der Waals surface area contributed by atoms with Crippen molar-refractivity contribution in [2.75, 3.05) is 13.1 Å². The zero-order chi connectivity index (χ0) is 20.6. The predicted octanol–water partition coefficient (Wildman–Crippen LogP) is 4.10. The maximum Gasteiger partial charge on any atom is 0.251 e. The molecule has 5 nitrogen and oxygen atoms in total. The van der Waals surface area contributed by atoms with Gasteiger partial charge in [0.1, 0.15) is 4.90 Å². The van der Waals surface area contributed by atoms with E-state index in [0.29, 0.717) is 18.7 Å². The highest BCUT2D eigenvalue weighted by Gasteiger charge is 2.30. The molecule has 2 aromatic rings. The second kappa shape index (κ2) is 8.09. The predicted molar refractivity (Wildman–Crippen MR) is 114 cm³/mol. The van der Waals surface area contributed by atoms with Crippen LogP contribution in [0.1, 0.15) is 59.3 Å². The average molecular weight is 433 g/mol. The highest BCUT2D eigenvalue weighted by molar-refractivity contribution is 7.89. The summed E-state index contributed by atoms with van der Waals surface area (Å²) in [6.45, 7) is 2.92. The molecule has 1 N–H and O–H groups in total. The first kappa shape index (κ1) is 20.4. The number of halogens is 1. The molecule has 1 atom stereocenters. The fourth-order valence-corrected chi connectivity index (χ4v) is 6.15. The fraction of sp³-hybridized carbons (Fsp3) is 0.409. The van der Waals surface area contributed by atoms with E-state index < -0.39 is 10.0 Å². The van der Waals surface area contributed by atoms with E-state index >= 15 is 0 Å². The third-order valence-corrected chi connectivity index (χ3v) is 8.23. The van der Waals surface area contributed by atoms with Gasteiger partial charge in [0.2, 0.25) is 10.0 Å². The zero-order valence-corrected chi connectivity index (χ0v) is 18.0. The van der Waals surface area contributed by atoms with Crippen molar-refractivity contribution in [3.05, 3.63) is 63.7 Å². The molecule has 154 valence electrons. The minimum Gasteiger partial charge on any atom is -0.346 e. The molecule has 0 bridgehead atoms. The summed E-state index contributed by atoms with van der Waals surface area (Å²) in [5.74, 6) is -0.312. The first-order valence-electron chi connectivity index (χ1n) is 10.1. The van der Waals surface area contributed by atoms with Crippen LogP contribution >= 0.6 is 11.6 Å². The number of hydrogen-bond donors (Lipinski definition) is 1. The number of nitrogens with zero attached hydrogens (tertiary/aromatic N) is 1. The minimum absolute atomic E-state index is 0.00102. The van der Waals surface area contributed by atoms with Crippen molar-refractivity contribution in [2.24, 2.45) is 0 Å². The van der Waals surface area contributed by atoms with Crippen LogP contribution in [0.2, 0.25) is 5.02 Å². The van der Waals surface area contributed by atoms with Crippen molar-refractivity contribution in [1.29, 1.82) is 0 Å². The Morgan fingerprint density at radius 1 is 1.03 bits per heavy atom. The Morgan fingerprint density at radius 2 is 1.76 bits per heavy atom. The van der Waals surface area contributed by atoms with Crippen molar-refractivity contribution in [2.45, 2.75) is 50.0 Å². The largest absolute Gasteiger partial charge is 0.346 e. The molecule has 0 radical (unpaired) electrons. The molecule has 2 aromatic carbocycles. The molecule has 0 unspecified atom stereocenters. The van der Waals surface area contributed by atoms with Crippen LogP contribution < -0.4 is 5.32 Å². The lowest BCUT2D eigenvalue weighted by atomic mass is 10.0. The van der Waals surface area contributed by atoms with E-state index in [1.165, 1.54) is 34.0 Å². The molecule has 1 saturated heterocycles. The molecule has 1 aliphatic heterocycles. The standard InChI is InChI=1S/C22H25ClN2O3S/c1-15(17-8-7-16-5-4-6-18(16)13-17)24-22(26)19-9-10-20(23)21(14-19)29(27,28)25-11-2-3-12-25/h7-10,13-15H,2-6,11-12H2,1H3,(H,24,26)/t15-/m1/s1. The fourth-order valence-electron chi connectivity index (χ4n) is 4.13. The van der Waals surface area contributed by atoms with Gasteiger partial charge in [-0.15, -0.1) is 0 Å². The van der Waals surface area contributed by atoms with Gasteiger partial charge >= 0.3 is 0 Å². The van der Waals surface area contributed by atoms with E-state index in [-0.39, 0.29) is 21.9 Å². The SMILES string of the molecule is C[C@@H](NC(=O)c1ccc(Cl)c(S(=O)(=O)N2CCCC2)c1)c1ccc2c(c1)CCC2. The second-order valence-electron chi connectivity index (χ2n) is 7.83. The molecular weight excluding hydrogens is 408 g/mol. The van der Waals surface area contributed by atoms with Gasteiger partial charge in [-0.3, -0.25) is 4.79 Å². The molecular formula is C22H25ClN2O3S. The first-order chi connectivity index (χ1) is 13.9. The van der Waals surface area contributed by atoms with Crippen LogP contribution in [-0.2, 0) is 22.9 Å². The Hall–Kier alpha value is -1.89. The molecule has 1 fully saturated rings. The number of aryl methyl sites for hydroxylation is 2. The van der Waals surface area contributed by atoms with Gasteiger partial charge in [-0.25, -0.2) is 8.42 Å². The maximum absolute atomic E-state index is 12.9. The third-order valence-electron chi connectivity index (χ3n) is 5.85. The van der Waals surface area contributed by atoms with E-state index in [1.54, 1.807) is 6.07 Å². The normalized spacial score (nSPS) is 17.9. The number of carbonyl (C=O) groups is 1. The molecule has 1 amide bonds. The van der Waals surface area contributed by atoms with Crippen LogP contribution in [0.15, 0.2) is 41.3 Å². The van der Waals surface area contributed by atoms with Gasteiger partial charge in [0.15, 0.2) is 0 Å². The summed E-state index contributed by atoms with van der Waals surface area (Å²) in [6, 6.07) is 10.6. The van der Waals surface area contributed by atoms with Gasteiger partial charge in [-0.2, -0.15) is 4.31 Å². The second-order valence-corrected chi connectivity index (χ2v) is 10.1. The van der Waals surface area contributed by atoms with Crippen molar-refractivity contribution in [3.8, 4) is 0 Å². The highest BCUT2D eigenvalue weighted by atomic mass is 35.5. The Balaban J connectivity index is 1.54. The van der Waals surface area contributed by atoms with E-state index in [1.807, 2.05) is 6.92 Å². The smallest absolute Gasteiger partial charge is 0.251 e. The molecule has 2 aliphatic rings. The molecule has 29 heavy (non-hydrogen) atoms. The number of sulfonamides is 1. The van der Waals surface area contributed by atoms with Crippen LogP contribution in [0, 0.1) is 0 Å². The van der Waals surface area contributed by atoms with E-state index in [0.717, 1.165) is 31.2 Å². The molecule has 4 rings (SSSR count). The summed E-state index contributed by atoms with van der Waals surface area (Å²) in [7, 11) is -3.69. The monoisotopic (exact) mass is 432 g/mol. The number of rotatable bonds is 5. The van der Waals surface area contributed by atoms with Crippen LogP contribution in [0.5, 0.6) is 0 Å². The zero-order valence-electron chi connectivity index (χ0n) is 16.4. The average Bonchev–Trinajstić information content (AvgIpc) is 3.39. The summed E-state index contributed by atoms with van der Waals surface area (Å²) in [5.41, 5.74) is 4.09. The van der Waals surface area contributed by atoms with Gasteiger partial charge in [0.05, 0.1) is 11.1 Å². The molecule has 0 spiro atoms. The van der Waals surface area contributed by atoms with E-state index in [4.69, 9.17) is 11.6 Å². The van der Waals surface area contributed by atoms with Crippen molar-refractivity contribution in [3.63, 3.8) is 0 Å². The van der Waals surface area contributed by atoms with Gasteiger partial charge < -0.3 is 5.32 Å². The van der Waals surface area contributed by atoms with Gasteiger partial charge in [-0.05, 0) is 73.9 Å². The lowest BCUT2D eigenvalue weighted by molar-refractivity contribution is 0.0939. The van der Waals surface area contributed by atoms with Crippen LogP contribution in [0.3, 0.4) is 0 Å². The van der Waals surface area contributed by atoms with Gasteiger partial charge in [0.25, 0.3) is 5.91 Å². The van der Waals surface area contributed by atoms with Crippen LogP contribution in [0.25, 0.3) is 0 Å². The van der Waals surface area contributed by atoms with Gasteiger partial charge in [-0.1, -0.05) is 29.8 Å². The molecule has 1 aliphatic carbocycles. The molecule has 0 aromatic heterocycles. The summed E-state index contributed by atoms with van der Waals surface area (Å²) >= 11 is 6.18. The highest BCUT2D eigenvalue weighted by Crippen LogP contribution is 2.29. The number of benzene rings is 2. The summed E-state index contributed by atoms with van der Waals surface area (Å²) in [6.07, 6.45) is 5.07. The molecule has 0 saturated carbocycles. The number of hydrogen-bond acceptors (Lipinski definition) is 3. The van der Waals surface area contributed by atoms with Crippen molar-refractivity contribution < 1.29 is 13.2 Å². The van der Waals surface area contributed by atoms with Crippen LogP contribution in [0.4, 0.5) is 0 Å². The number of amides is 1. The quantitative estimate of drug-likeness (QED) is 0.773. The Morgan fingerprint density at radius 3 is 2.52 bits per heavy atom. The van der Waals surface area contributed by atoms with Crippen LogP contribution in [-0.4, -0.2) is 31.7 Å². The Labute approximate surface area is 177 Å². The van der Waals surface area contributed by atoms with Crippen molar-refractivity contribution in [1.82, 2.24) is 9.62 Å². The maximum atomic E-state index is 12.9. The Kier molecular flexibility index (Phi) is 5.69. The summed E-state index contributed by atoms with van der Waals surface area (Å²) in [5, 5.41) is 3.12. The lowest BCUT2D eigenvalue weighted by Gasteiger charge is -2.18. The topological polar surface area (TPSA) is 66.5 Å². The van der Waals surface area contributed by atoms with Crippen molar-refractivity contribution >= 4 is 27.5 Å². The molecule has 7 heteroatoms. The first-order valence-corrected chi connectivity index (χ1v) is 11.9. The molecule has 1 heterocycles. The minimum atomic E-state index is -3.69. The Bertz CT molecular complexity index is 1050. The summed E-state index contributed by atoms with van der Waals surface area (Å²) in [4.78, 5) is 12.8. The van der Waals surface area contributed by atoms with Gasteiger partial charge in [0, 0.05) is 18.7 Å². The number of fused-ring (bicyclic) bond motifs is 1. The third kappa shape index (κ3) is 4.06. The lowest BCUT2D eigenvalue weighted by Crippen LogP contribution is -2.29. The van der Waals surface area contributed by atoms with E-state index in [9.17, 15) is 13.2 Å². The summed E-state index contributed by atoms with van der Waals surface area (Å²) < 4.78 is 27.2. The van der Waals surface area contributed by atoms with E-state index in [2.05, 4.69) is 23.5 Å².